The maximum absolute atomic E-state index is 11.4. The Morgan fingerprint density at radius 3 is 3.00 bits per heavy atom. The van der Waals surface area contributed by atoms with Crippen molar-refractivity contribution in [3.05, 3.63) is 35.4 Å². The standard InChI is InChI=1S/C14H17NO3S/c1-2-17-6-7-18-14(16)11-19-10-13-5-3-4-12(8-13)9-15/h3-5,8H,2,6-7,10-11H2,1H3. The van der Waals surface area contributed by atoms with Gasteiger partial charge in [-0.3, -0.25) is 4.79 Å². The lowest BCUT2D eigenvalue weighted by Crippen LogP contribution is -2.12. The average molecular weight is 279 g/mol. The number of rotatable bonds is 8. The van der Waals surface area contributed by atoms with Crippen LogP contribution >= 0.6 is 11.8 Å². The maximum Gasteiger partial charge on any atom is 0.315 e. The van der Waals surface area contributed by atoms with E-state index >= 15 is 0 Å². The molecule has 1 aromatic carbocycles. The Morgan fingerprint density at radius 1 is 1.42 bits per heavy atom. The molecule has 4 nitrogen and oxygen atoms in total. The topological polar surface area (TPSA) is 59.3 Å². The van der Waals surface area contributed by atoms with Crippen LogP contribution in [0, 0.1) is 11.3 Å². The molecule has 19 heavy (non-hydrogen) atoms. The fourth-order valence-corrected chi connectivity index (χ4v) is 2.15. The summed E-state index contributed by atoms with van der Waals surface area (Å²) in [6.07, 6.45) is 0. The molecule has 0 saturated carbocycles. The molecule has 5 heteroatoms. The van der Waals surface area contributed by atoms with Crippen molar-refractivity contribution in [3.8, 4) is 6.07 Å². The van der Waals surface area contributed by atoms with E-state index in [4.69, 9.17) is 14.7 Å². The quantitative estimate of drug-likeness (QED) is 0.540. The molecule has 0 unspecified atom stereocenters. The lowest BCUT2D eigenvalue weighted by Gasteiger charge is -2.05. The van der Waals surface area contributed by atoms with Gasteiger partial charge in [0.05, 0.1) is 24.0 Å². The van der Waals surface area contributed by atoms with Crippen LogP contribution in [0.15, 0.2) is 24.3 Å². The minimum Gasteiger partial charge on any atom is -0.463 e. The van der Waals surface area contributed by atoms with Crippen LogP contribution in [-0.2, 0) is 20.0 Å². The molecule has 0 atom stereocenters. The van der Waals surface area contributed by atoms with E-state index < -0.39 is 0 Å². The number of nitriles is 1. The highest BCUT2D eigenvalue weighted by molar-refractivity contribution is 7.99. The summed E-state index contributed by atoms with van der Waals surface area (Å²) in [7, 11) is 0. The van der Waals surface area contributed by atoms with Crippen molar-refractivity contribution in [3.63, 3.8) is 0 Å². The molecule has 102 valence electrons. The summed E-state index contributed by atoms with van der Waals surface area (Å²) in [4.78, 5) is 11.4. The van der Waals surface area contributed by atoms with Gasteiger partial charge in [0.2, 0.25) is 0 Å². The molecular formula is C14H17NO3S. The van der Waals surface area contributed by atoms with Crippen molar-refractivity contribution in [2.75, 3.05) is 25.6 Å². The molecular weight excluding hydrogens is 262 g/mol. The number of ether oxygens (including phenoxy) is 2. The fraction of sp³-hybridized carbons (Fsp3) is 0.429. The number of hydrogen-bond donors (Lipinski definition) is 0. The first-order chi connectivity index (χ1) is 9.26. The second-order valence-electron chi connectivity index (χ2n) is 3.72. The Bertz CT molecular complexity index is 443. The molecule has 0 radical (unpaired) electrons. The van der Waals surface area contributed by atoms with Gasteiger partial charge in [-0.05, 0) is 24.6 Å². The smallest absolute Gasteiger partial charge is 0.315 e. The van der Waals surface area contributed by atoms with Crippen LogP contribution in [0.3, 0.4) is 0 Å². The van der Waals surface area contributed by atoms with Crippen LogP contribution < -0.4 is 0 Å². The van der Waals surface area contributed by atoms with Gasteiger partial charge in [-0.15, -0.1) is 11.8 Å². The third kappa shape index (κ3) is 6.85. The molecule has 0 spiro atoms. The maximum atomic E-state index is 11.4. The molecule has 0 aliphatic carbocycles. The van der Waals surface area contributed by atoms with Crippen molar-refractivity contribution < 1.29 is 14.3 Å². The first kappa shape index (κ1) is 15.5. The normalized spacial score (nSPS) is 9.89. The van der Waals surface area contributed by atoms with Crippen molar-refractivity contribution in [2.45, 2.75) is 12.7 Å². The summed E-state index contributed by atoms with van der Waals surface area (Å²) in [5.74, 6) is 0.764. The lowest BCUT2D eigenvalue weighted by molar-refractivity contribution is -0.141. The zero-order chi connectivity index (χ0) is 13.9. The number of carbonyl (C=O) groups excluding carboxylic acids is 1. The van der Waals surface area contributed by atoms with Crippen LogP contribution in [0.25, 0.3) is 0 Å². The minimum atomic E-state index is -0.235. The van der Waals surface area contributed by atoms with E-state index in [9.17, 15) is 4.79 Å². The second-order valence-corrected chi connectivity index (χ2v) is 4.71. The summed E-state index contributed by atoms with van der Waals surface area (Å²) in [6.45, 7) is 3.27. The van der Waals surface area contributed by atoms with E-state index in [-0.39, 0.29) is 5.97 Å². The molecule has 0 heterocycles. The number of nitrogens with zero attached hydrogens (tertiary/aromatic N) is 1. The predicted octanol–water partition coefficient (Wildman–Crippen LogP) is 2.37. The summed E-state index contributed by atoms with van der Waals surface area (Å²) in [5.41, 5.74) is 1.67. The molecule has 0 aliphatic heterocycles. The van der Waals surface area contributed by atoms with Gasteiger partial charge in [0.15, 0.2) is 0 Å². The van der Waals surface area contributed by atoms with E-state index in [2.05, 4.69) is 6.07 Å². The van der Waals surface area contributed by atoms with E-state index in [1.807, 2.05) is 25.1 Å². The Hall–Kier alpha value is -1.51. The second kappa shape index (κ2) is 9.42. The zero-order valence-corrected chi connectivity index (χ0v) is 11.7. The van der Waals surface area contributed by atoms with E-state index in [0.717, 1.165) is 5.56 Å². The first-order valence-electron chi connectivity index (χ1n) is 6.06. The number of carbonyl (C=O) groups is 1. The Labute approximate surface area is 117 Å². The van der Waals surface area contributed by atoms with Gasteiger partial charge in [0, 0.05) is 12.4 Å². The van der Waals surface area contributed by atoms with Crippen molar-refractivity contribution in [1.29, 1.82) is 5.26 Å². The number of hydrogen-bond acceptors (Lipinski definition) is 5. The molecule has 0 N–H and O–H groups in total. The molecule has 0 aromatic heterocycles. The van der Waals surface area contributed by atoms with E-state index in [1.54, 1.807) is 6.07 Å². The monoisotopic (exact) mass is 279 g/mol. The summed E-state index contributed by atoms with van der Waals surface area (Å²) in [5, 5.41) is 8.77. The molecule has 0 fully saturated rings. The highest BCUT2D eigenvalue weighted by Gasteiger charge is 2.03. The van der Waals surface area contributed by atoms with Crippen LogP contribution in [0.4, 0.5) is 0 Å². The Balaban J connectivity index is 2.19. The average Bonchev–Trinajstić information content (AvgIpc) is 2.44. The van der Waals surface area contributed by atoms with Gasteiger partial charge in [-0.25, -0.2) is 0 Å². The Kier molecular flexibility index (Phi) is 7.71. The Morgan fingerprint density at radius 2 is 2.26 bits per heavy atom. The first-order valence-corrected chi connectivity index (χ1v) is 7.22. The lowest BCUT2D eigenvalue weighted by atomic mass is 10.2. The summed E-state index contributed by atoms with van der Waals surface area (Å²) >= 11 is 1.47. The third-order valence-electron chi connectivity index (χ3n) is 2.24. The van der Waals surface area contributed by atoms with Gasteiger partial charge < -0.3 is 9.47 Å². The van der Waals surface area contributed by atoms with Gasteiger partial charge >= 0.3 is 5.97 Å². The van der Waals surface area contributed by atoms with Crippen LogP contribution in [0.1, 0.15) is 18.1 Å². The molecule has 0 saturated heterocycles. The van der Waals surface area contributed by atoms with Crippen LogP contribution in [0.2, 0.25) is 0 Å². The predicted molar refractivity (Wildman–Crippen MR) is 74.8 cm³/mol. The zero-order valence-electron chi connectivity index (χ0n) is 10.9. The van der Waals surface area contributed by atoms with Crippen LogP contribution in [0.5, 0.6) is 0 Å². The van der Waals surface area contributed by atoms with Crippen LogP contribution in [-0.4, -0.2) is 31.5 Å². The molecule has 1 rings (SSSR count). The van der Waals surface area contributed by atoms with E-state index in [0.29, 0.717) is 36.9 Å². The SMILES string of the molecule is CCOCCOC(=O)CSCc1cccc(C#N)c1. The summed E-state index contributed by atoms with van der Waals surface area (Å²) in [6, 6.07) is 9.46. The van der Waals surface area contributed by atoms with Gasteiger partial charge in [0.25, 0.3) is 0 Å². The summed E-state index contributed by atoms with van der Waals surface area (Å²) < 4.78 is 10.1. The van der Waals surface area contributed by atoms with Crippen molar-refractivity contribution >= 4 is 17.7 Å². The van der Waals surface area contributed by atoms with Gasteiger partial charge in [-0.1, -0.05) is 12.1 Å². The molecule has 0 amide bonds. The van der Waals surface area contributed by atoms with Gasteiger partial charge in [-0.2, -0.15) is 5.26 Å². The fourth-order valence-electron chi connectivity index (χ4n) is 1.38. The number of benzene rings is 1. The highest BCUT2D eigenvalue weighted by atomic mass is 32.2. The van der Waals surface area contributed by atoms with E-state index in [1.165, 1.54) is 11.8 Å². The van der Waals surface area contributed by atoms with Gasteiger partial charge in [0.1, 0.15) is 6.61 Å². The largest absolute Gasteiger partial charge is 0.463 e. The molecule has 0 bridgehead atoms. The molecule has 0 aliphatic rings. The van der Waals surface area contributed by atoms with Crippen molar-refractivity contribution in [1.82, 2.24) is 0 Å². The number of esters is 1. The van der Waals surface area contributed by atoms with Crippen molar-refractivity contribution in [2.24, 2.45) is 0 Å². The number of thioether (sulfide) groups is 1. The molecule has 1 aromatic rings. The minimum absolute atomic E-state index is 0.235. The highest BCUT2D eigenvalue weighted by Crippen LogP contribution is 2.13. The third-order valence-corrected chi connectivity index (χ3v) is 3.22.